The lowest BCUT2D eigenvalue weighted by Crippen LogP contribution is -2.18. The van der Waals surface area contributed by atoms with E-state index in [0.717, 1.165) is 64.7 Å². The Morgan fingerprint density at radius 3 is 2.60 bits per heavy atom. The van der Waals surface area contributed by atoms with Crippen molar-refractivity contribution in [3.63, 3.8) is 0 Å². The molecule has 0 saturated carbocycles. The van der Waals surface area contributed by atoms with Crippen LogP contribution in [-0.2, 0) is 9.53 Å². The van der Waals surface area contributed by atoms with Crippen molar-refractivity contribution in [2.45, 2.75) is 44.9 Å². The summed E-state index contributed by atoms with van der Waals surface area (Å²) in [6.45, 7) is 2.42. The first kappa shape index (κ1) is 12.7. The van der Waals surface area contributed by atoms with Crippen molar-refractivity contribution in [3.8, 4) is 0 Å². The Hall–Kier alpha value is -0.410. The predicted molar refractivity (Wildman–Crippen MR) is 60.7 cm³/mol. The smallest absolute Gasteiger partial charge is 0.133 e. The molecule has 0 aliphatic carbocycles. The molecule has 1 heterocycles. The van der Waals surface area contributed by atoms with Gasteiger partial charge in [-0.05, 0) is 38.1 Å². The molecule has 0 radical (unpaired) electrons. The molecule has 0 spiro atoms. The minimum absolute atomic E-state index is 0.430. The molecule has 1 saturated heterocycles. The first-order chi connectivity index (χ1) is 7.33. The summed E-state index contributed by atoms with van der Waals surface area (Å²) >= 11 is 0. The van der Waals surface area contributed by atoms with Crippen LogP contribution in [0.2, 0.25) is 0 Å². The van der Waals surface area contributed by atoms with Gasteiger partial charge in [0.05, 0.1) is 0 Å². The van der Waals surface area contributed by atoms with Gasteiger partial charge in [-0.1, -0.05) is 6.42 Å². The van der Waals surface area contributed by atoms with Crippen molar-refractivity contribution < 1.29 is 9.53 Å². The lowest BCUT2D eigenvalue weighted by atomic mass is 9.93. The van der Waals surface area contributed by atoms with Crippen LogP contribution in [0.25, 0.3) is 0 Å². The van der Waals surface area contributed by atoms with Crippen LogP contribution in [0.5, 0.6) is 0 Å². The van der Waals surface area contributed by atoms with E-state index in [9.17, 15) is 4.79 Å². The quantitative estimate of drug-likeness (QED) is 0.657. The highest BCUT2D eigenvalue weighted by Crippen LogP contribution is 2.19. The third kappa shape index (κ3) is 5.90. The highest BCUT2D eigenvalue weighted by atomic mass is 16.5. The molecule has 1 aliphatic rings. The maximum atomic E-state index is 11.6. The Morgan fingerprint density at radius 1 is 1.20 bits per heavy atom. The van der Waals surface area contributed by atoms with E-state index in [1.807, 2.05) is 0 Å². The van der Waals surface area contributed by atoms with Crippen LogP contribution in [0.3, 0.4) is 0 Å². The van der Waals surface area contributed by atoms with Gasteiger partial charge >= 0.3 is 0 Å². The first-order valence-corrected chi connectivity index (χ1v) is 6.12. The molecule has 0 aromatic rings. The molecule has 3 heteroatoms. The molecule has 1 aliphatic heterocycles. The minimum Gasteiger partial charge on any atom is -0.381 e. The molecule has 0 aromatic carbocycles. The van der Waals surface area contributed by atoms with Crippen molar-refractivity contribution >= 4 is 5.78 Å². The Bertz CT molecular complexity index is 176. The Labute approximate surface area is 92.4 Å². The van der Waals surface area contributed by atoms with E-state index in [0.29, 0.717) is 11.7 Å². The monoisotopic (exact) mass is 213 g/mol. The lowest BCUT2D eigenvalue weighted by Gasteiger charge is -2.21. The zero-order chi connectivity index (χ0) is 10.9. The summed E-state index contributed by atoms with van der Waals surface area (Å²) in [6, 6.07) is 0. The van der Waals surface area contributed by atoms with Gasteiger partial charge in [-0.3, -0.25) is 4.79 Å². The number of carbonyl (C=O) groups excluding carboxylic acids is 1. The predicted octanol–water partition coefficient (Wildman–Crippen LogP) is 1.89. The number of nitrogens with two attached hydrogens (primary N) is 1. The summed E-state index contributed by atoms with van der Waals surface area (Å²) in [5.41, 5.74) is 5.40. The van der Waals surface area contributed by atoms with E-state index in [-0.39, 0.29) is 0 Å². The van der Waals surface area contributed by atoms with Crippen molar-refractivity contribution in [2.24, 2.45) is 11.7 Å². The zero-order valence-corrected chi connectivity index (χ0v) is 9.54. The summed E-state index contributed by atoms with van der Waals surface area (Å²) in [6.07, 6.45) is 6.80. The summed E-state index contributed by atoms with van der Waals surface area (Å²) in [5, 5.41) is 0. The fraction of sp³-hybridized carbons (Fsp3) is 0.917. The summed E-state index contributed by atoms with van der Waals surface area (Å²) in [5.74, 6) is 1.01. The zero-order valence-electron chi connectivity index (χ0n) is 9.54. The topological polar surface area (TPSA) is 52.3 Å². The van der Waals surface area contributed by atoms with Crippen molar-refractivity contribution in [2.75, 3.05) is 19.8 Å². The minimum atomic E-state index is 0.430. The van der Waals surface area contributed by atoms with Crippen molar-refractivity contribution in [1.29, 1.82) is 0 Å². The number of rotatable bonds is 7. The van der Waals surface area contributed by atoms with Crippen LogP contribution in [0.1, 0.15) is 44.9 Å². The largest absolute Gasteiger partial charge is 0.381 e. The van der Waals surface area contributed by atoms with Gasteiger partial charge in [0.1, 0.15) is 5.78 Å². The molecular formula is C12H23NO2. The van der Waals surface area contributed by atoms with E-state index in [2.05, 4.69) is 0 Å². The summed E-state index contributed by atoms with van der Waals surface area (Å²) < 4.78 is 5.27. The van der Waals surface area contributed by atoms with Gasteiger partial charge in [-0.2, -0.15) is 0 Å². The van der Waals surface area contributed by atoms with E-state index in [1.54, 1.807) is 0 Å². The molecule has 0 unspecified atom stereocenters. The van der Waals surface area contributed by atoms with E-state index in [4.69, 9.17) is 10.5 Å². The highest BCUT2D eigenvalue weighted by molar-refractivity contribution is 5.78. The molecule has 15 heavy (non-hydrogen) atoms. The molecule has 2 N–H and O–H groups in total. The Balaban J connectivity index is 2.01. The molecular weight excluding hydrogens is 190 g/mol. The number of ether oxygens (including phenoxy) is 1. The summed E-state index contributed by atoms with van der Waals surface area (Å²) in [4.78, 5) is 11.6. The highest BCUT2D eigenvalue weighted by Gasteiger charge is 2.16. The van der Waals surface area contributed by atoms with E-state index < -0.39 is 0 Å². The van der Waals surface area contributed by atoms with Crippen LogP contribution in [0.15, 0.2) is 0 Å². The fourth-order valence-corrected chi connectivity index (χ4v) is 2.02. The molecule has 0 aromatic heterocycles. The number of hydrogen-bond acceptors (Lipinski definition) is 3. The van der Waals surface area contributed by atoms with Crippen molar-refractivity contribution in [3.05, 3.63) is 0 Å². The molecule has 1 fully saturated rings. The number of ketones is 1. The summed E-state index contributed by atoms with van der Waals surface area (Å²) in [7, 11) is 0. The maximum Gasteiger partial charge on any atom is 0.133 e. The number of carbonyl (C=O) groups is 1. The maximum absolute atomic E-state index is 11.6. The number of Topliss-reactive ketones (excluding diaryl/α,β-unsaturated/α-hetero) is 1. The van der Waals surface area contributed by atoms with E-state index >= 15 is 0 Å². The van der Waals surface area contributed by atoms with Gasteiger partial charge in [-0.15, -0.1) is 0 Å². The molecule has 0 amide bonds. The first-order valence-electron chi connectivity index (χ1n) is 6.12. The van der Waals surface area contributed by atoms with Gasteiger partial charge in [0.2, 0.25) is 0 Å². The van der Waals surface area contributed by atoms with Gasteiger partial charge < -0.3 is 10.5 Å². The van der Waals surface area contributed by atoms with Gasteiger partial charge in [0, 0.05) is 26.1 Å². The van der Waals surface area contributed by atoms with Crippen LogP contribution in [0.4, 0.5) is 0 Å². The van der Waals surface area contributed by atoms with Crippen LogP contribution in [0, 0.1) is 5.92 Å². The number of unbranched alkanes of at least 4 members (excludes halogenated alkanes) is 2. The average Bonchev–Trinajstić information content (AvgIpc) is 2.26. The standard InChI is InChI=1S/C12H23NO2/c13-7-3-1-2-4-12(14)10-11-5-8-15-9-6-11/h11H,1-10,13H2. The number of hydrogen-bond donors (Lipinski definition) is 1. The Kier molecular flexibility index (Phi) is 6.60. The third-order valence-corrected chi connectivity index (χ3v) is 3.02. The second-order valence-electron chi connectivity index (χ2n) is 4.40. The van der Waals surface area contributed by atoms with Crippen LogP contribution < -0.4 is 5.73 Å². The Morgan fingerprint density at radius 2 is 1.93 bits per heavy atom. The SMILES string of the molecule is NCCCCCC(=O)CC1CCOCC1. The van der Waals surface area contributed by atoms with Crippen LogP contribution in [-0.4, -0.2) is 25.5 Å². The molecule has 88 valence electrons. The van der Waals surface area contributed by atoms with Gasteiger partial charge in [0.25, 0.3) is 0 Å². The lowest BCUT2D eigenvalue weighted by molar-refractivity contribution is -0.120. The molecule has 0 atom stereocenters. The van der Waals surface area contributed by atoms with Crippen LogP contribution >= 0.6 is 0 Å². The fourth-order valence-electron chi connectivity index (χ4n) is 2.02. The normalized spacial score (nSPS) is 17.9. The van der Waals surface area contributed by atoms with E-state index in [1.165, 1.54) is 0 Å². The molecule has 1 rings (SSSR count). The van der Waals surface area contributed by atoms with Gasteiger partial charge in [-0.25, -0.2) is 0 Å². The molecule has 0 bridgehead atoms. The third-order valence-electron chi connectivity index (χ3n) is 3.02. The molecule has 3 nitrogen and oxygen atoms in total. The second kappa shape index (κ2) is 7.83. The van der Waals surface area contributed by atoms with Crippen molar-refractivity contribution in [1.82, 2.24) is 0 Å². The average molecular weight is 213 g/mol. The second-order valence-corrected chi connectivity index (χ2v) is 4.40. The van der Waals surface area contributed by atoms with Gasteiger partial charge in [0.15, 0.2) is 0 Å².